The molecule has 2 aromatic carbocycles. The molecule has 0 aliphatic rings. The summed E-state index contributed by atoms with van der Waals surface area (Å²) < 4.78 is 0. The third kappa shape index (κ3) is 2.41. The van der Waals surface area contributed by atoms with Gasteiger partial charge in [0.25, 0.3) is 0 Å². The zero-order valence-corrected chi connectivity index (χ0v) is 10.9. The predicted molar refractivity (Wildman–Crippen MR) is 74.3 cm³/mol. The van der Waals surface area contributed by atoms with Crippen LogP contribution in [0.25, 0.3) is 0 Å². The molecule has 0 N–H and O–H groups in total. The molecule has 0 heterocycles. The van der Waals surface area contributed by atoms with Gasteiger partial charge in [0.1, 0.15) is 0 Å². The van der Waals surface area contributed by atoms with Crippen LogP contribution in [0.15, 0.2) is 60.7 Å². The Bertz CT molecular complexity index is 454. The molecule has 0 bridgehead atoms. The molecule has 88 valence electrons. The Morgan fingerprint density at radius 1 is 0.765 bits per heavy atom. The summed E-state index contributed by atoms with van der Waals surface area (Å²) in [6.45, 7) is 6.95. The van der Waals surface area contributed by atoms with Crippen molar-refractivity contribution in [2.75, 3.05) is 0 Å². The molecule has 17 heavy (non-hydrogen) atoms. The lowest BCUT2D eigenvalue weighted by molar-refractivity contribution is 0.436. The van der Waals surface area contributed by atoms with Gasteiger partial charge < -0.3 is 0 Å². The predicted octanol–water partition coefficient (Wildman–Crippen LogP) is 4.77. The summed E-state index contributed by atoms with van der Waals surface area (Å²) in [4.78, 5) is 0. The Balaban J connectivity index is 2.33. The molecule has 0 heteroatoms. The fraction of sp³-hybridized carbons (Fsp3) is 0.294. The Labute approximate surface area is 104 Å². The third-order valence-corrected chi connectivity index (χ3v) is 3.90. The van der Waals surface area contributed by atoms with E-state index in [4.69, 9.17) is 0 Å². The van der Waals surface area contributed by atoms with Crippen molar-refractivity contribution in [2.45, 2.75) is 32.1 Å². The van der Waals surface area contributed by atoms with E-state index >= 15 is 0 Å². The molecule has 0 aromatic heterocycles. The second kappa shape index (κ2) is 4.75. The van der Waals surface area contributed by atoms with E-state index in [1.807, 2.05) is 0 Å². The molecular formula is C17H20. The maximum atomic E-state index is 2.32. The van der Waals surface area contributed by atoms with Gasteiger partial charge in [-0.25, -0.2) is 0 Å². The first kappa shape index (κ1) is 11.9. The van der Waals surface area contributed by atoms with Gasteiger partial charge in [0.15, 0.2) is 0 Å². The maximum absolute atomic E-state index is 2.32. The normalized spacial score (nSPS) is 13.4. The molecule has 1 atom stereocenters. The van der Waals surface area contributed by atoms with Crippen LogP contribution in [-0.4, -0.2) is 0 Å². The maximum Gasteiger partial charge on any atom is -0.00376 e. The van der Waals surface area contributed by atoms with Crippen LogP contribution in [0, 0.1) is 0 Å². The zero-order chi connectivity index (χ0) is 12.3. The minimum Gasteiger partial charge on any atom is -0.0622 e. The van der Waals surface area contributed by atoms with Gasteiger partial charge in [0.2, 0.25) is 0 Å². The molecule has 2 aromatic rings. The average Bonchev–Trinajstić information content (AvgIpc) is 2.40. The van der Waals surface area contributed by atoms with Crippen molar-refractivity contribution in [3.8, 4) is 0 Å². The monoisotopic (exact) mass is 224 g/mol. The topological polar surface area (TPSA) is 0 Å². The van der Waals surface area contributed by atoms with Crippen molar-refractivity contribution in [3.63, 3.8) is 0 Å². The van der Waals surface area contributed by atoms with Gasteiger partial charge in [0, 0.05) is 0 Å². The molecule has 0 amide bonds. The third-order valence-electron chi connectivity index (χ3n) is 3.90. The van der Waals surface area contributed by atoms with Crippen LogP contribution in [-0.2, 0) is 5.41 Å². The number of rotatable bonds is 3. The minimum atomic E-state index is 0.155. The standard InChI is InChI=1S/C17H20/c1-14(15-10-6-4-7-11-15)17(2,3)16-12-8-5-9-13-16/h4-14H,1-3H3. The molecule has 0 saturated heterocycles. The number of hydrogen-bond acceptors (Lipinski definition) is 0. The van der Waals surface area contributed by atoms with Gasteiger partial charge in [-0.15, -0.1) is 0 Å². The van der Waals surface area contributed by atoms with Crippen LogP contribution < -0.4 is 0 Å². The van der Waals surface area contributed by atoms with Crippen LogP contribution in [0.3, 0.4) is 0 Å². The van der Waals surface area contributed by atoms with Crippen LogP contribution in [0.5, 0.6) is 0 Å². The SMILES string of the molecule is CC(c1ccccc1)C(C)(C)c1ccccc1. The van der Waals surface area contributed by atoms with E-state index in [1.165, 1.54) is 11.1 Å². The Hall–Kier alpha value is -1.56. The fourth-order valence-corrected chi connectivity index (χ4v) is 2.28. The molecule has 0 aliphatic heterocycles. The number of benzene rings is 2. The van der Waals surface area contributed by atoms with Crippen LogP contribution >= 0.6 is 0 Å². The highest BCUT2D eigenvalue weighted by Gasteiger charge is 2.28. The van der Waals surface area contributed by atoms with Gasteiger partial charge in [0.05, 0.1) is 0 Å². The largest absolute Gasteiger partial charge is 0.0622 e. The highest BCUT2D eigenvalue weighted by atomic mass is 14.3. The Kier molecular flexibility index (Phi) is 3.33. The summed E-state index contributed by atoms with van der Waals surface area (Å²) in [7, 11) is 0. The quantitative estimate of drug-likeness (QED) is 0.704. The van der Waals surface area contributed by atoms with E-state index in [0.717, 1.165) is 0 Å². The summed E-state index contributed by atoms with van der Waals surface area (Å²) in [5.74, 6) is 0.506. The first-order chi connectivity index (χ1) is 8.12. The smallest absolute Gasteiger partial charge is 0.00376 e. The molecule has 2 rings (SSSR count). The molecular weight excluding hydrogens is 204 g/mol. The van der Waals surface area contributed by atoms with Crippen molar-refractivity contribution >= 4 is 0 Å². The second-order valence-electron chi connectivity index (χ2n) is 5.22. The van der Waals surface area contributed by atoms with Crippen LogP contribution in [0.2, 0.25) is 0 Å². The lowest BCUT2D eigenvalue weighted by Gasteiger charge is -2.33. The Morgan fingerprint density at radius 2 is 1.24 bits per heavy atom. The van der Waals surface area contributed by atoms with Crippen LogP contribution in [0.1, 0.15) is 37.8 Å². The lowest BCUT2D eigenvalue weighted by Crippen LogP contribution is -2.24. The van der Waals surface area contributed by atoms with Crippen molar-refractivity contribution in [1.29, 1.82) is 0 Å². The Morgan fingerprint density at radius 3 is 1.76 bits per heavy atom. The molecule has 0 aliphatic carbocycles. The van der Waals surface area contributed by atoms with Crippen LogP contribution in [0.4, 0.5) is 0 Å². The first-order valence-corrected chi connectivity index (χ1v) is 6.23. The van der Waals surface area contributed by atoms with E-state index < -0.39 is 0 Å². The van der Waals surface area contributed by atoms with E-state index in [1.54, 1.807) is 0 Å². The lowest BCUT2D eigenvalue weighted by atomic mass is 9.71. The molecule has 0 radical (unpaired) electrons. The summed E-state index contributed by atoms with van der Waals surface area (Å²) in [5.41, 5.74) is 2.96. The van der Waals surface area contributed by atoms with Gasteiger partial charge in [-0.3, -0.25) is 0 Å². The highest BCUT2D eigenvalue weighted by Crippen LogP contribution is 2.37. The molecule has 1 unspecified atom stereocenters. The number of hydrogen-bond donors (Lipinski definition) is 0. The van der Waals surface area contributed by atoms with Crippen molar-refractivity contribution in [2.24, 2.45) is 0 Å². The summed E-state index contributed by atoms with van der Waals surface area (Å²) >= 11 is 0. The van der Waals surface area contributed by atoms with E-state index in [9.17, 15) is 0 Å². The van der Waals surface area contributed by atoms with E-state index in [-0.39, 0.29) is 5.41 Å². The van der Waals surface area contributed by atoms with Gasteiger partial charge in [-0.05, 0) is 22.5 Å². The highest BCUT2D eigenvalue weighted by molar-refractivity contribution is 5.31. The van der Waals surface area contributed by atoms with Gasteiger partial charge in [-0.1, -0.05) is 81.4 Å². The summed E-state index contributed by atoms with van der Waals surface area (Å²) in [5, 5.41) is 0. The average molecular weight is 224 g/mol. The molecule has 0 spiro atoms. The molecule has 0 saturated carbocycles. The fourth-order valence-electron chi connectivity index (χ4n) is 2.28. The van der Waals surface area contributed by atoms with Gasteiger partial charge in [-0.2, -0.15) is 0 Å². The van der Waals surface area contributed by atoms with E-state index in [0.29, 0.717) is 5.92 Å². The molecule has 0 fully saturated rings. The second-order valence-corrected chi connectivity index (χ2v) is 5.22. The zero-order valence-electron chi connectivity index (χ0n) is 10.9. The minimum absolute atomic E-state index is 0.155. The summed E-state index contributed by atoms with van der Waals surface area (Å²) in [6, 6.07) is 21.5. The van der Waals surface area contributed by atoms with Crippen molar-refractivity contribution < 1.29 is 0 Å². The van der Waals surface area contributed by atoms with Crippen molar-refractivity contribution in [1.82, 2.24) is 0 Å². The van der Waals surface area contributed by atoms with Crippen molar-refractivity contribution in [3.05, 3.63) is 71.8 Å². The van der Waals surface area contributed by atoms with Gasteiger partial charge >= 0.3 is 0 Å². The first-order valence-electron chi connectivity index (χ1n) is 6.23. The van der Waals surface area contributed by atoms with E-state index in [2.05, 4.69) is 81.4 Å². The molecule has 0 nitrogen and oxygen atoms in total. The summed E-state index contributed by atoms with van der Waals surface area (Å²) in [6.07, 6.45) is 0.